The van der Waals surface area contributed by atoms with Crippen molar-refractivity contribution >= 4 is 24.1 Å². The molecule has 0 saturated heterocycles. The molecule has 0 spiro atoms. The summed E-state index contributed by atoms with van der Waals surface area (Å²) >= 11 is 0. The van der Waals surface area contributed by atoms with Crippen LogP contribution in [0, 0.1) is 0 Å². The van der Waals surface area contributed by atoms with Gasteiger partial charge in [0.1, 0.15) is 0 Å². The Labute approximate surface area is 81.4 Å². The van der Waals surface area contributed by atoms with Crippen molar-refractivity contribution in [2.45, 2.75) is 6.92 Å². The maximum atomic E-state index is 11.1. The first kappa shape index (κ1) is 12.0. The summed E-state index contributed by atoms with van der Waals surface area (Å²) in [6.07, 6.45) is 2.89. The fourth-order valence-corrected chi connectivity index (χ4v) is 0.648. The van der Waals surface area contributed by atoms with Crippen LogP contribution < -0.4 is 0 Å². The van der Waals surface area contributed by atoms with Crippen molar-refractivity contribution in [2.75, 3.05) is 0 Å². The normalized spacial score (nSPS) is 9.50. The summed E-state index contributed by atoms with van der Waals surface area (Å²) in [5.74, 6) is -1.66. The van der Waals surface area contributed by atoms with E-state index in [4.69, 9.17) is 0 Å². The largest absolute Gasteiger partial charge is 0.357 e. The lowest BCUT2D eigenvalue weighted by molar-refractivity contribution is -0.134. The summed E-state index contributed by atoms with van der Waals surface area (Å²) < 4.78 is 0. The van der Waals surface area contributed by atoms with Crippen LogP contribution in [0.4, 0.5) is 4.79 Å². The van der Waals surface area contributed by atoms with Gasteiger partial charge in [-0.25, -0.2) is 9.79 Å². The molecule has 5 heteroatoms. The maximum Gasteiger partial charge on any atom is 0.357 e. The molecule has 14 heavy (non-hydrogen) atoms. The molecule has 0 saturated carbocycles. The first-order chi connectivity index (χ1) is 6.58. The molecule has 0 aromatic carbocycles. The molecule has 0 aliphatic heterocycles. The number of carbonyl (C=O) groups is 3. The van der Waals surface area contributed by atoms with E-state index in [0.29, 0.717) is 4.90 Å². The zero-order valence-electron chi connectivity index (χ0n) is 7.77. The molecule has 5 nitrogen and oxygen atoms in total. The highest BCUT2D eigenvalue weighted by Crippen LogP contribution is 1.97. The number of nitrogens with zero attached hydrogens (tertiary/aromatic N) is 2. The summed E-state index contributed by atoms with van der Waals surface area (Å²) in [6, 6.07) is -0.956. The molecule has 0 atom stereocenters. The predicted octanol–water partition coefficient (Wildman–Crippen LogP) is 0.924. The van der Waals surface area contributed by atoms with E-state index in [1.54, 1.807) is 0 Å². The Hall–Kier alpha value is -2.04. The lowest BCUT2D eigenvalue weighted by atomic mass is 10.4. The Kier molecular flexibility index (Phi) is 4.77. The molecule has 0 unspecified atom stereocenters. The molecular formula is C9H10N2O3. The van der Waals surface area contributed by atoms with E-state index in [1.165, 1.54) is 13.1 Å². The molecule has 0 radical (unpaired) electrons. The Balaban J connectivity index is 4.99. The Morgan fingerprint density at radius 3 is 1.86 bits per heavy atom. The van der Waals surface area contributed by atoms with Gasteiger partial charge >= 0.3 is 6.03 Å². The number of imide groups is 3. The molecule has 0 fully saturated rings. The molecule has 4 amide bonds. The van der Waals surface area contributed by atoms with Gasteiger partial charge in [0.15, 0.2) is 0 Å². The zero-order chi connectivity index (χ0) is 11.1. The third-order valence-corrected chi connectivity index (χ3v) is 1.22. The van der Waals surface area contributed by atoms with Crippen molar-refractivity contribution < 1.29 is 14.4 Å². The molecule has 0 aromatic heterocycles. The molecular weight excluding hydrogens is 184 g/mol. The second-order valence-electron chi connectivity index (χ2n) is 2.09. The minimum absolute atomic E-state index is 0.347. The molecule has 0 heterocycles. The van der Waals surface area contributed by atoms with E-state index in [1.807, 2.05) is 0 Å². The second-order valence-corrected chi connectivity index (χ2v) is 2.09. The number of rotatable bonds is 2. The van der Waals surface area contributed by atoms with Gasteiger partial charge in [-0.1, -0.05) is 13.2 Å². The van der Waals surface area contributed by atoms with Crippen molar-refractivity contribution in [1.29, 1.82) is 0 Å². The van der Waals surface area contributed by atoms with E-state index in [9.17, 15) is 14.4 Å². The van der Waals surface area contributed by atoms with Gasteiger partial charge in [0.25, 0.3) is 11.8 Å². The van der Waals surface area contributed by atoms with E-state index in [-0.39, 0.29) is 0 Å². The number of hydrogen-bond donors (Lipinski definition) is 0. The average Bonchev–Trinajstić information content (AvgIpc) is 2.17. The van der Waals surface area contributed by atoms with E-state index >= 15 is 0 Å². The minimum Gasteiger partial charge on any atom is -0.269 e. The van der Waals surface area contributed by atoms with Crippen molar-refractivity contribution in [3.63, 3.8) is 0 Å². The zero-order valence-corrected chi connectivity index (χ0v) is 7.77. The Morgan fingerprint density at radius 2 is 1.57 bits per heavy atom. The van der Waals surface area contributed by atoms with Gasteiger partial charge in [-0.05, 0) is 19.1 Å². The topological polar surface area (TPSA) is 66.8 Å². The van der Waals surface area contributed by atoms with Crippen LogP contribution in [0.15, 0.2) is 30.3 Å². The maximum absolute atomic E-state index is 11.1. The van der Waals surface area contributed by atoms with Crippen LogP contribution in [0.2, 0.25) is 0 Å². The van der Waals surface area contributed by atoms with Crippen molar-refractivity contribution in [3.8, 4) is 0 Å². The smallest absolute Gasteiger partial charge is 0.269 e. The molecule has 74 valence electrons. The Morgan fingerprint density at radius 1 is 1.14 bits per heavy atom. The number of urea groups is 1. The lowest BCUT2D eigenvalue weighted by Gasteiger charge is -2.11. The molecule has 0 N–H and O–H groups in total. The van der Waals surface area contributed by atoms with Gasteiger partial charge in [-0.2, -0.15) is 4.90 Å². The van der Waals surface area contributed by atoms with Crippen molar-refractivity contribution in [2.24, 2.45) is 4.99 Å². The number of aliphatic imine (C=N–C) groups is 1. The standard InChI is InChI=1S/C9H10N2O3/c1-4-7(12)11(8(13)5-2)9(14)10-6-3/h4-6H,1-2H2,3H3. The second kappa shape index (κ2) is 5.58. The predicted molar refractivity (Wildman–Crippen MR) is 51.8 cm³/mol. The van der Waals surface area contributed by atoms with E-state index < -0.39 is 17.8 Å². The average molecular weight is 194 g/mol. The van der Waals surface area contributed by atoms with Crippen LogP contribution >= 0.6 is 0 Å². The number of hydrogen-bond acceptors (Lipinski definition) is 3. The van der Waals surface area contributed by atoms with Crippen molar-refractivity contribution in [1.82, 2.24) is 4.90 Å². The number of carbonyl (C=O) groups excluding carboxylic acids is 3. The van der Waals surface area contributed by atoms with E-state index in [0.717, 1.165) is 12.2 Å². The van der Waals surface area contributed by atoms with Gasteiger partial charge in [-0.15, -0.1) is 0 Å². The van der Waals surface area contributed by atoms with Crippen LogP contribution in [0.3, 0.4) is 0 Å². The fraction of sp³-hybridized carbons (Fsp3) is 0.111. The van der Waals surface area contributed by atoms with Gasteiger partial charge < -0.3 is 0 Å². The Bertz CT molecular complexity index is 298. The third-order valence-electron chi connectivity index (χ3n) is 1.22. The van der Waals surface area contributed by atoms with Crippen LogP contribution in [-0.2, 0) is 9.59 Å². The first-order valence-electron chi connectivity index (χ1n) is 3.74. The highest BCUT2D eigenvalue weighted by atomic mass is 16.2. The quantitative estimate of drug-likeness (QED) is 0.485. The SMILES string of the molecule is C=CC(=O)N(C(=O)C=C)C(=O)N=CC. The van der Waals surface area contributed by atoms with Crippen LogP contribution in [0.1, 0.15) is 6.92 Å². The molecule has 0 aliphatic rings. The van der Waals surface area contributed by atoms with Gasteiger partial charge in [0, 0.05) is 6.21 Å². The first-order valence-corrected chi connectivity index (χ1v) is 3.74. The van der Waals surface area contributed by atoms with Crippen LogP contribution in [0.25, 0.3) is 0 Å². The minimum atomic E-state index is -0.956. The molecule has 0 aromatic rings. The summed E-state index contributed by atoms with van der Waals surface area (Å²) in [7, 11) is 0. The molecule has 0 aliphatic carbocycles. The molecule has 0 rings (SSSR count). The third kappa shape index (κ3) is 2.78. The van der Waals surface area contributed by atoms with Crippen molar-refractivity contribution in [3.05, 3.63) is 25.3 Å². The summed E-state index contributed by atoms with van der Waals surface area (Å²) in [5.41, 5.74) is 0. The van der Waals surface area contributed by atoms with Gasteiger partial charge in [0.05, 0.1) is 0 Å². The summed E-state index contributed by atoms with van der Waals surface area (Å²) in [4.78, 5) is 36.9. The monoisotopic (exact) mass is 194 g/mol. The number of amides is 4. The van der Waals surface area contributed by atoms with Crippen LogP contribution in [-0.4, -0.2) is 29.0 Å². The van der Waals surface area contributed by atoms with E-state index in [2.05, 4.69) is 18.2 Å². The van der Waals surface area contributed by atoms with Gasteiger partial charge in [-0.3, -0.25) is 9.59 Å². The lowest BCUT2D eigenvalue weighted by Crippen LogP contribution is -2.38. The highest BCUT2D eigenvalue weighted by molar-refractivity contribution is 6.17. The summed E-state index contributed by atoms with van der Waals surface area (Å²) in [6.45, 7) is 7.81. The summed E-state index contributed by atoms with van der Waals surface area (Å²) in [5, 5.41) is 0. The van der Waals surface area contributed by atoms with Gasteiger partial charge in [0.2, 0.25) is 0 Å². The fourth-order valence-electron chi connectivity index (χ4n) is 0.648. The molecule has 0 bridgehead atoms. The van der Waals surface area contributed by atoms with Crippen LogP contribution in [0.5, 0.6) is 0 Å². The highest BCUT2D eigenvalue weighted by Gasteiger charge is 2.23.